The SMILES string of the molecule is CC(C)c1cc(C(C)C)c(-c2cnc3c4[c-]cccc4c4cc(CC(C)(C)C)c(CC(C)(C)C)cc4n23)c(C(C)C)c1.Cc1cccc(C)c1-c1cnc2c3[c-]cccc3c3cc(CC(C)(C)C)c(CC(C)(C)C)cc3n12.Cc1cccc(C)c1-c1cnc2c3[c-]cccc3c3cc(CC(C)(C)C)ccc3n12.[Ir].[Ir].[Ir].[Ir].[c-]1cccc2c1C1[N-]c3ccccc3N1c1nc3ccccc3n1-2. The smallest absolute Gasteiger partial charge is 0.203 e. The van der Waals surface area contributed by atoms with Crippen molar-refractivity contribution in [2.24, 2.45) is 27.1 Å². The molecule has 9 heterocycles. The van der Waals surface area contributed by atoms with Crippen LogP contribution >= 0.6 is 0 Å². The molecule has 4 radical (unpaired) electrons. The number of para-hydroxylation sites is 4. The summed E-state index contributed by atoms with van der Waals surface area (Å²) in [6.45, 7) is 57.7. The number of pyridine rings is 3. The van der Waals surface area contributed by atoms with Gasteiger partial charge in [0, 0.05) is 138 Å². The van der Waals surface area contributed by atoms with Crippen LogP contribution in [0.2, 0.25) is 0 Å². The maximum Gasteiger partial charge on any atom is 0.203 e. The van der Waals surface area contributed by atoms with Gasteiger partial charge in [0.15, 0.2) is 0 Å². The average molecular weight is 2490 g/mol. The minimum absolute atomic E-state index is 0. The number of hydrogen-bond donors (Lipinski definition) is 0. The van der Waals surface area contributed by atoms with Crippen LogP contribution in [0, 0.1) is 79.0 Å². The van der Waals surface area contributed by atoms with Crippen molar-refractivity contribution in [3.8, 4) is 39.5 Å². The van der Waals surface area contributed by atoms with E-state index < -0.39 is 0 Å². The van der Waals surface area contributed by atoms with Crippen LogP contribution in [0.3, 0.4) is 0 Å². The summed E-state index contributed by atoms with van der Waals surface area (Å²) in [4.78, 5) is 22.1. The number of benzene rings is 12. The normalized spacial score (nSPS) is 13.2. The van der Waals surface area contributed by atoms with Gasteiger partial charge in [0.25, 0.3) is 0 Å². The van der Waals surface area contributed by atoms with Gasteiger partial charge in [-0.05, 0) is 230 Å². The Morgan fingerprint density at radius 3 is 1.17 bits per heavy atom. The molecule has 0 fully saturated rings. The zero-order chi connectivity index (χ0) is 92.6. The first-order valence-corrected chi connectivity index (χ1v) is 47.4. The van der Waals surface area contributed by atoms with Crippen LogP contribution in [0.4, 0.5) is 17.3 Å². The molecule has 0 amide bonds. The van der Waals surface area contributed by atoms with Gasteiger partial charge in [-0.25, -0.2) is 4.98 Å². The van der Waals surface area contributed by atoms with Crippen LogP contribution in [0.25, 0.3) is 138 Å². The third kappa shape index (κ3) is 19.8. The Morgan fingerprint density at radius 1 is 0.348 bits per heavy atom. The Bertz CT molecular complexity index is 7620. The number of rotatable bonds is 11. The summed E-state index contributed by atoms with van der Waals surface area (Å²) in [5, 5.41) is 15.7. The minimum atomic E-state index is -0.0945. The van der Waals surface area contributed by atoms with Gasteiger partial charge in [0.05, 0.1) is 45.1 Å². The van der Waals surface area contributed by atoms with Crippen LogP contribution in [0.15, 0.2) is 231 Å². The second-order valence-electron chi connectivity index (χ2n) is 44.2. The predicted octanol–water partition coefficient (Wildman–Crippen LogP) is 32.9. The van der Waals surface area contributed by atoms with Crippen LogP contribution in [-0.4, -0.2) is 37.7 Å². The molecule has 12 aromatic carbocycles. The van der Waals surface area contributed by atoms with Gasteiger partial charge in [-0.1, -0.05) is 270 Å². The fraction of sp³-hybridized carbons (Fsp3) is 0.322. The van der Waals surface area contributed by atoms with E-state index in [1.807, 2.05) is 54.7 Å². The molecule has 0 bridgehead atoms. The number of nitrogens with zero attached hydrogens (tertiary/aromatic N) is 10. The van der Waals surface area contributed by atoms with E-state index in [9.17, 15) is 0 Å². The van der Waals surface area contributed by atoms with Crippen molar-refractivity contribution < 1.29 is 80.4 Å². The Kier molecular flexibility index (Phi) is 29.2. The van der Waals surface area contributed by atoms with Crippen molar-refractivity contribution in [2.75, 3.05) is 4.90 Å². The van der Waals surface area contributed by atoms with Crippen molar-refractivity contribution in [1.29, 1.82) is 0 Å². The van der Waals surface area contributed by atoms with Gasteiger partial charge in [-0.15, -0.1) is 106 Å². The predicted molar refractivity (Wildman–Crippen MR) is 555 cm³/mol. The Morgan fingerprint density at radius 2 is 0.733 bits per heavy atom. The minimum Gasteiger partial charge on any atom is -0.661 e. The molecule has 0 saturated heterocycles. The van der Waals surface area contributed by atoms with Gasteiger partial charge in [-0.2, -0.15) is 18.2 Å². The Labute approximate surface area is 854 Å². The summed E-state index contributed by atoms with van der Waals surface area (Å²) in [5.74, 6) is 2.20. The van der Waals surface area contributed by atoms with Crippen LogP contribution in [-0.2, 0) is 113 Å². The third-order valence-corrected chi connectivity index (χ3v) is 26.1. The van der Waals surface area contributed by atoms with E-state index in [0.29, 0.717) is 17.8 Å². The first-order chi connectivity index (χ1) is 62.2. The molecule has 10 nitrogen and oxygen atoms in total. The van der Waals surface area contributed by atoms with Crippen LogP contribution < -0.4 is 4.90 Å². The Balaban J connectivity index is 0.000000145. The van der Waals surface area contributed by atoms with E-state index in [4.69, 9.17) is 25.3 Å². The number of hydrogen-bond acceptors (Lipinski definition) is 5. The quantitative estimate of drug-likeness (QED) is 0.0951. The summed E-state index contributed by atoms with van der Waals surface area (Å²) >= 11 is 0. The molecule has 14 heteroatoms. The van der Waals surface area contributed by atoms with Crippen LogP contribution in [0.5, 0.6) is 0 Å². The van der Waals surface area contributed by atoms with Crippen LogP contribution in [0.1, 0.15) is 242 Å². The summed E-state index contributed by atoms with van der Waals surface area (Å²) in [5.41, 5.74) is 38.0. The van der Waals surface area contributed by atoms with Gasteiger partial charge in [0.1, 0.15) is 0 Å². The number of fused-ring (bicyclic) bond motifs is 28. The first-order valence-electron chi connectivity index (χ1n) is 47.4. The molecule has 19 aromatic rings. The maximum atomic E-state index is 5.15. The van der Waals surface area contributed by atoms with E-state index in [-0.39, 0.29) is 114 Å². The first kappa shape index (κ1) is 101. The van der Waals surface area contributed by atoms with Crippen molar-refractivity contribution in [2.45, 2.75) is 229 Å². The van der Waals surface area contributed by atoms with E-state index in [1.165, 1.54) is 138 Å². The van der Waals surface area contributed by atoms with E-state index in [2.05, 4.69) is 396 Å². The molecule has 1 atom stereocenters. The molecule has 0 spiro atoms. The largest absolute Gasteiger partial charge is 0.661 e. The zero-order valence-corrected chi connectivity index (χ0v) is 92.7. The number of aryl methyl sites for hydroxylation is 4. The summed E-state index contributed by atoms with van der Waals surface area (Å²) in [7, 11) is 0. The summed E-state index contributed by atoms with van der Waals surface area (Å²) in [6.07, 6.45) is 11.3. The third-order valence-electron chi connectivity index (χ3n) is 26.1. The molecule has 7 aromatic heterocycles. The van der Waals surface area contributed by atoms with E-state index in [0.717, 1.165) is 116 Å². The van der Waals surface area contributed by atoms with Crippen molar-refractivity contribution in [3.05, 3.63) is 333 Å². The fourth-order valence-corrected chi connectivity index (χ4v) is 20.7. The molecule has 1 unspecified atom stereocenters. The molecular formula is C121H127Ir4N10-5. The molecular weight excluding hydrogens is 2360 g/mol. The zero-order valence-electron chi connectivity index (χ0n) is 83.1. The molecule has 0 saturated carbocycles. The number of imidazole rings is 4. The van der Waals surface area contributed by atoms with Gasteiger partial charge < -0.3 is 28.0 Å². The van der Waals surface area contributed by atoms with Crippen molar-refractivity contribution >= 4 is 110 Å². The Hall–Kier alpha value is -10.1. The molecule has 702 valence electrons. The van der Waals surface area contributed by atoms with Crippen molar-refractivity contribution in [1.82, 2.24) is 37.7 Å². The molecule has 21 rings (SSSR count). The average Bonchev–Trinajstić information content (AvgIpc) is 1.59. The van der Waals surface area contributed by atoms with Gasteiger partial charge >= 0.3 is 0 Å². The summed E-state index contributed by atoms with van der Waals surface area (Å²) in [6, 6.07) is 90.3. The van der Waals surface area contributed by atoms with Gasteiger partial charge in [0.2, 0.25) is 5.95 Å². The molecule has 2 aliphatic heterocycles. The molecule has 2 aliphatic rings. The standard InChI is InChI=1S/C40H51N2.C33H37N2.C28H27N2.C20H12N4.4Ir/c1-24(2)27-17-32(25(3)4)37(33(18-27)26(5)6)36-23-41-38-31-16-14-13-15-30(31)34-19-28(21-39(7,8)9)29(22-40(10,11)12)20-35(34)42(36)38;1-21-12-11-13-22(2)30(21)29-20-34-31-26-15-10-9-14-25(26)27-16-23(18-32(3,4)5)24(19-33(6,7)8)17-28(27)35(29)31;1-18-9-8-10-19(2)26(18)25-17-29-27-22-12-7-6-11-21(22)23-15-20(16-28(3,4)5)13-14-24(23)30(25)27;1-4-10-16-13(7-1)19-21-14-8-2-6-12-18(14)24(19)20-22-15-9-3-5-11-17(15)23(16)20;;;;/h13-15,17-20,23-26H,21-22H2,1-12H3;9-14,16-17,20H,18-19H2,1-8H3;6-11,13-15,17H,16H2,1-5H3;1-6,8-12,19H;;;;/q3*-1;-2;;;;. The topological polar surface area (TPSA) is 87.1 Å². The maximum absolute atomic E-state index is 5.15. The monoisotopic (exact) mass is 2490 g/mol. The molecule has 135 heavy (non-hydrogen) atoms. The summed E-state index contributed by atoms with van der Waals surface area (Å²) < 4.78 is 9.39. The van der Waals surface area contributed by atoms with Gasteiger partial charge in [-0.3, -0.25) is 15.0 Å². The second kappa shape index (κ2) is 39.1. The van der Waals surface area contributed by atoms with E-state index in [1.54, 1.807) is 0 Å². The second-order valence-corrected chi connectivity index (χ2v) is 44.2. The number of anilines is 2. The van der Waals surface area contributed by atoms with E-state index >= 15 is 0 Å². The molecule has 0 N–H and O–H groups in total. The van der Waals surface area contributed by atoms with Crippen molar-refractivity contribution in [3.63, 3.8) is 0 Å². The molecule has 0 aliphatic carbocycles. The fourth-order valence-electron chi connectivity index (χ4n) is 20.7. The number of aromatic nitrogens is 8.